The van der Waals surface area contributed by atoms with E-state index in [1.807, 2.05) is 19.3 Å². The van der Waals surface area contributed by atoms with Crippen LogP contribution in [0, 0.1) is 0 Å². The van der Waals surface area contributed by atoms with Crippen LogP contribution < -0.4 is 16.9 Å². The average Bonchev–Trinajstić information content (AvgIpc) is 2.69. The van der Waals surface area contributed by atoms with Crippen molar-refractivity contribution in [2.75, 3.05) is 23.9 Å². The van der Waals surface area contributed by atoms with Crippen LogP contribution in [0.15, 0.2) is 12.3 Å². The molecule has 0 aromatic carbocycles. The normalized spacial score (nSPS) is 11.0. The van der Waals surface area contributed by atoms with Crippen molar-refractivity contribution in [3.63, 3.8) is 0 Å². The van der Waals surface area contributed by atoms with Crippen LogP contribution in [0.5, 0.6) is 0 Å². The number of nitrogens with two attached hydrogens (primary N) is 2. The zero-order chi connectivity index (χ0) is 10.3. The predicted octanol–water partition coefficient (Wildman–Crippen LogP) is 0.800. The van der Waals surface area contributed by atoms with Crippen LogP contribution >= 0.6 is 0 Å². The highest BCUT2D eigenvalue weighted by Crippen LogP contribution is 2.30. The first-order valence-corrected chi connectivity index (χ1v) is 4.63. The molecule has 14 heavy (non-hydrogen) atoms. The topological polar surface area (TPSA) is 73.9 Å². The van der Waals surface area contributed by atoms with Crippen molar-refractivity contribution < 1.29 is 0 Å². The van der Waals surface area contributed by atoms with Gasteiger partial charge in [-0.15, -0.1) is 0 Å². The van der Waals surface area contributed by atoms with Gasteiger partial charge in [-0.1, -0.05) is 0 Å². The summed E-state index contributed by atoms with van der Waals surface area (Å²) in [4.78, 5) is 0. The summed E-state index contributed by atoms with van der Waals surface area (Å²) in [6, 6.07) is 1.98. The molecule has 0 saturated heterocycles. The van der Waals surface area contributed by atoms with Gasteiger partial charge in [0.1, 0.15) is 11.5 Å². The standard InChI is InChI=1S/C9H15N5/c1-3-13-5-4-6-7(10)8(11)14(12-2)9(6)13/h4-5,12H,3,10-11H2,1-2H3. The molecule has 2 heterocycles. The summed E-state index contributed by atoms with van der Waals surface area (Å²) in [5.41, 5.74) is 16.4. The van der Waals surface area contributed by atoms with E-state index in [4.69, 9.17) is 11.5 Å². The smallest absolute Gasteiger partial charge is 0.148 e. The highest BCUT2D eigenvalue weighted by molar-refractivity contribution is 5.97. The maximum absolute atomic E-state index is 5.88. The van der Waals surface area contributed by atoms with Crippen molar-refractivity contribution in [2.24, 2.45) is 0 Å². The Labute approximate surface area is 82.2 Å². The average molecular weight is 193 g/mol. The van der Waals surface area contributed by atoms with Gasteiger partial charge in [-0.2, -0.15) is 0 Å². The summed E-state index contributed by atoms with van der Waals surface area (Å²) < 4.78 is 3.90. The van der Waals surface area contributed by atoms with E-state index < -0.39 is 0 Å². The van der Waals surface area contributed by atoms with E-state index in [2.05, 4.69) is 16.9 Å². The fourth-order valence-electron chi connectivity index (χ4n) is 1.78. The summed E-state index contributed by atoms with van der Waals surface area (Å²) in [7, 11) is 1.82. The summed E-state index contributed by atoms with van der Waals surface area (Å²) in [5, 5.41) is 0.999. The van der Waals surface area contributed by atoms with E-state index in [0.717, 1.165) is 17.6 Å². The predicted molar refractivity (Wildman–Crippen MR) is 59.7 cm³/mol. The number of hydrogen-bond acceptors (Lipinski definition) is 3. The van der Waals surface area contributed by atoms with Gasteiger partial charge >= 0.3 is 0 Å². The van der Waals surface area contributed by atoms with Crippen LogP contribution in [-0.2, 0) is 6.54 Å². The van der Waals surface area contributed by atoms with E-state index in [0.29, 0.717) is 11.5 Å². The first-order valence-electron chi connectivity index (χ1n) is 4.63. The Kier molecular flexibility index (Phi) is 1.80. The molecule has 2 aromatic heterocycles. The number of fused-ring (bicyclic) bond motifs is 1. The lowest BCUT2D eigenvalue weighted by molar-refractivity contribution is 0.767. The van der Waals surface area contributed by atoms with Gasteiger partial charge in [-0.3, -0.25) is 0 Å². The van der Waals surface area contributed by atoms with Gasteiger partial charge in [0.25, 0.3) is 0 Å². The van der Waals surface area contributed by atoms with Crippen LogP contribution in [0.4, 0.5) is 11.5 Å². The summed E-state index contributed by atoms with van der Waals surface area (Å²) in [5.74, 6) is 0.570. The lowest BCUT2D eigenvalue weighted by Crippen LogP contribution is -2.14. The third-order valence-electron chi connectivity index (χ3n) is 2.52. The van der Waals surface area contributed by atoms with Crippen LogP contribution in [0.2, 0.25) is 0 Å². The molecule has 2 aromatic rings. The number of aromatic nitrogens is 2. The van der Waals surface area contributed by atoms with Crippen molar-refractivity contribution in [1.82, 2.24) is 9.24 Å². The van der Waals surface area contributed by atoms with Crippen molar-refractivity contribution in [2.45, 2.75) is 13.5 Å². The van der Waals surface area contributed by atoms with E-state index in [-0.39, 0.29) is 0 Å². The minimum atomic E-state index is 0.570. The van der Waals surface area contributed by atoms with Crippen LogP contribution in [-0.4, -0.2) is 16.3 Å². The van der Waals surface area contributed by atoms with Gasteiger partial charge in [0, 0.05) is 25.2 Å². The van der Waals surface area contributed by atoms with Gasteiger partial charge in [-0.05, 0) is 13.0 Å². The fraction of sp³-hybridized carbons (Fsp3) is 0.333. The van der Waals surface area contributed by atoms with Crippen LogP contribution in [0.25, 0.3) is 11.0 Å². The molecule has 2 rings (SSSR count). The van der Waals surface area contributed by atoms with Gasteiger partial charge in [-0.25, -0.2) is 4.68 Å². The molecule has 5 nitrogen and oxygen atoms in total. The van der Waals surface area contributed by atoms with Gasteiger partial charge in [0.05, 0.1) is 5.69 Å². The number of anilines is 2. The van der Waals surface area contributed by atoms with Gasteiger partial charge < -0.3 is 21.5 Å². The Balaban J connectivity index is 2.84. The summed E-state index contributed by atoms with van der Waals surface area (Å²) in [6.45, 7) is 2.98. The number of nitrogens with zero attached hydrogens (tertiary/aromatic N) is 2. The zero-order valence-corrected chi connectivity index (χ0v) is 8.41. The Hall–Kier alpha value is -1.78. The fourth-order valence-corrected chi connectivity index (χ4v) is 1.78. The Morgan fingerprint density at radius 2 is 2.14 bits per heavy atom. The van der Waals surface area contributed by atoms with Crippen molar-refractivity contribution in [1.29, 1.82) is 0 Å². The minimum absolute atomic E-state index is 0.570. The minimum Gasteiger partial charge on any atom is -0.395 e. The first kappa shape index (κ1) is 8.80. The molecular weight excluding hydrogens is 178 g/mol. The molecular formula is C9H15N5. The quantitative estimate of drug-likeness (QED) is 0.660. The molecule has 0 fully saturated rings. The Bertz CT molecular complexity index is 465. The zero-order valence-electron chi connectivity index (χ0n) is 8.41. The number of nitrogens with one attached hydrogen (secondary N) is 1. The third-order valence-corrected chi connectivity index (χ3v) is 2.52. The molecule has 0 spiro atoms. The highest BCUT2D eigenvalue weighted by atomic mass is 15.4. The molecule has 0 aliphatic rings. The molecule has 0 aliphatic carbocycles. The second-order valence-electron chi connectivity index (χ2n) is 3.20. The monoisotopic (exact) mass is 193 g/mol. The largest absolute Gasteiger partial charge is 0.395 e. The molecule has 0 bridgehead atoms. The van der Waals surface area contributed by atoms with Gasteiger partial charge in [0.15, 0.2) is 0 Å². The summed E-state index contributed by atoms with van der Waals surface area (Å²) in [6.07, 6.45) is 2.01. The molecule has 5 heteroatoms. The second-order valence-corrected chi connectivity index (χ2v) is 3.20. The molecule has 0 amide bonds. The number of aryl methyl sites for hydroxylation is 1. The van der Waals surface area contributed by atoms with Crippen molar-refractivity contribution in [3.8, 4) is 0 Å². The maximum atomic E-state index is 5.88. The lowest BCUT2D eigenvalue weighted by atomic mass is 10.3. The molecule has 76 valence electrons. The van der Waals surface area contributed by atoms with E-state index in [1.54, 1.807) is 4.68 Å². The number of hydrogen-bond donors (Lipinski definition) is 3. The Morgan fingerprint density at radius 3 is 2.71 bits per heavy atom. The highest BCUT2D eigenvalue weighted by Gasteiger charge is 2.14. The molecule has 5 N–H and O–H groups in total. The van der Waals surface area contributed by atoms with Crippen molar-refractivity contribution in [3.05, 3.63) is 12.3 Å². The first-order chi connectivity index (χ1) is 6.70. The number of rotatable bonds is 2. The molecule has 0 aliphatic heterocycles. The number of nitrogen functional groups attached to an aromatic ring is 2. The van der Waals surface area contributed by atoms with Crippen LogP contribution in [0.1, 0.15) is 6.92 Å². The third kappa shape index (κ3) is 0.891. The molecule has 0 atom stereocenters. The van der Waals surface area contributed by atoms with E-state index >= 15 is 0 Å². The SMILES string of the molecule is CCn1ccc2c(N)c(N)n(NC)c21. The second kappa shape index (κ2) is 2.87. The molecule has 0 radical (unpaired) electrons. The molecule has 0 saturated carbocycles. The maximum Gasteiger partial charge on any atom is 0.148 e. The van der Waals surface area contributed by atoms with Crippen molar-refractivity contribution >= 4 is 22.5 Å². The molecule has 0 unspecified atom stereocenters. The summed E-state index contributed by atoms with van der Waals surface area (Å²) >= 11 is 0. The van der Waals surface area contributed by atoms with E-state index in [1.165, 1.54) is 0 Å². The lowest BCUT2D eigenvalue weighted by Gasteiger charge is -2.08. The van der Waals surface area contributed by atoms with E-state index in [9.17, 15) is 0 Å². The van der Waals surface area contributed by atoms with Gasteiger partial charge in [0.2, 0.25) is 0 Å². The van der Waals surface area contributed by atoms with Crippen LogP contribution in [0.3, 0.4) is 0 Å². The Morgan fingerprint density at radius 1 is 1.43 bits per heavy atom.